The first-order chi connectivity index (χ1) is 12.0. The van der Waals surface area contributed by atoms with E-state index in [1.807, 2.05) is 18.7 Å². The Balaban J connectivity index is 0.00000338. The normalized spacial score (nSPS) is 19.9. The van der Waals surface area contributed by atoms with Crippen molar-refractivity contribution < 1.29 is 18.3 Å². The van der Waals surface area contributed by atoms with Crippen molar-refractivity contribution in [3.63, 3.8) is 0 Å². The zero-order valence-corrected chi connectivity index (χ0v) is 17.6. The molecule has 0 bridgehead atoms. The maximum atomic E-state index is 13.7. The smallest absolute Gasteiger partial charge is 0.310 e. The van der Waals surface area contributed by atoms with Crippen LogP contribution in [-0.2, 0) is 16.0 Å². The highest BCUT2D eigenvalue weighted by molar-refractivity contribution is 14.0. The highest BCUT2D eigenvalue weighted by Gasteiger charge is 2.36. The molecule has 0 radical (unpaired) electrons. The van der Waals surface area contributed by atoms with Crippen LogP contribution in [0, 0.1) is 23.5 Å². The third kappa shape index (κ3) is 5.78. The number of hydrogen-bond donors (Lipinski definition) is 1. The van der Waals surface area contributed by atoms with E-state index in [2.05, 4.69) is 10.3 Å². The molecule has 26 heavy (non-hydrogen) atoms. The number of esters is 1. The monoisotopic (exact) mass is 481 g/mol. The van der Waals surface area contributed by atoms with Gasteiger partial charge in [-0.3, -0.25) is 9.79 Å². The Bertz CT molecular complexity index is 643. The molecule has 1 aromatic carbocycles. The fraction of sp³-hybridized carbons (Fsp3) is 0.556. The number of rotatable bonds is 5. The second kappa shape index (κ2) is 10.6. The molecule has 8 heteroatoms. The van der Waals surface area contributed by atoms with Crippen LogP contribution in [0.4, 0.5) is 8.78 Å². The average molecular weight is 481 g/mol. The Morgan fingerprint density at radius 2 is 2.12 bits per heavy atom. The number of aliphatic imine (C=N–C) groups is 1. The molecular formula is C18H26F2IN3O2. The highest BCUT2D eigenvalue weighted by atomic mass is 127. The van der Waals surface area contributed by atoms with Crippen molar-refractivity contribution in [3.05, 3.63) is 35.4 Å². The molecule has 2 rings (SSSR count). The van der Waals surface area contributed by atoms with Crippen LogP contribution in [0.25, 0.3) is 0 Å². The van der Waals surface area contributed by atoms with Gasteiger partial charge in [0.25, 0.3) is 0 Å². The van der Waals surface area contributed by atoms with Gasteiger partial charge in [0, 0.05) is 32.2 Å². The molecule has 0 spiro atoms. The number of hydrogen-bond acceptors (Lipinski definition) is 3. The maximum Gasteiger partial charge on any atom is 0.310 e. The number of halogens is 3. The molecule has 1 aromatic rings. The molecule has 0 aromatic heterocycles. The number of ether oxygens (including phenoxy) is 1. The van der Waals surface area contributed by atoms with Gasteiger partial charge in [-0.1, -0.05) is 13.0 Å². The molecule has 0 aliphatic carbocycles. The molecule has 2 atom stereocenters. The Kier molecular flexibility index (Phi) is 9.24. The van der Waals surface area contributed by atoms with Crippen LogP contribution in [0.5, 0.6) is 0 Å². The van der Waals surface area contributed by atoms with Crippen LogP contribution in [0.1, 0.15) is 19.4 Å². The largest absolute Gasteiger partial charge is 0.469 e. The number of nitrogens with zero attached hydrogens (tertiary/aromatic N) is 2. The fourth-order valence-corrected chi connectivity index (χ4v) is 3.03. The van der Waals surface area contributed by atoms with Gasteiger partial charge in [-0.15, -0.1) is 24.0 Å². The van der Waals surface area contributed by atoms with E-state index < -0.39 is 11.6 Å². The van der Waals surface area contributed by atoms with Crippen molar-refractivity contribution in [3.8, 4) is 0 Å². The fourth-order valence-electron chi connectivity index (χ4n) is 3.03. The Hall–Kier alpha value is -1.45. The van der Waals surface area contributed by atoms with E-state index in [4.69, 9.17) is 4.74 Å². The number of guanidine groups is 1. The van der Waals surface area contributed by atoms with Gasteiger partial charge >= 0.3 is 5.97 Å². The van der Waals surface area contributed by atoms with Gasteiger partial charge in [0.05, 0.1) is 13.0 Å². The third-order valence-electron chi connectivity index (χ3n) is 4.41. The van der Waals surface area contributed by atoms with Crippen LogP contribution < -0.4 is 5.32 Å². The second-order valence-corrected chi connectivity index (χ2v) is 6.23. The van der Waals surface area contributed by atoms with Gasteiger partial charge in [-0.05, 0) is 30.9 Å². The number of carbonyl (C=O) groups excluding carboxylic acids is 1. The molecule has 1 heterocycles. The lowest BCUT2D eigenvalue weighted by molar-refractivity contribution is -0.145. The molecule has 2 unspecified atom stereocenters. The zero-order chi connectivity index (χ0) is 18.4. The minimum Gasteiger partial charge on any atom is -0.469 e. The molecule has 1 fully saturated rings. The first kappa shape index (κ1) is 22.6. The van der Waals surface area contributed by atoms with Crippen molar-refractivity contribution in [2.75, 3.05) is 33.3 Å². The summed E-state index contributed by atoms with van der Waals surface area (Å²) in [7, 11) is 1.40. The van der Waals surface area contributed by atoms with Crippen molar-refractivity contribution in [2.24, 2.45) is 16.8 Å². The highest BCUT2D eigenvalue weighted by Crippen LogP contribution is 2.24. The SMILES string of the molecule is CCNC(=NCCc1ccc(F)cc1F)N1CC(C)C(C(=O)OC)C1.I. The number of methoxy groups -OCH3 is 1. The summed E-state index contributed by atoms with van der Waals surface area (Å²) in [6, 6.07) is 3.57. The topological polar surface area (TPSA) is 53.9 Å². The van der Waals surface area contributed by atoms with Crippen molar-refractivity contribution in [1.82, 2.24) is 10.2 Å². The second-order valence-electron chi connectivity index (χ2n) is 6.23. The summed E-state index contributed by atoms with van der Waals surface area (Å²) < 4.78 is 31.5. The van der Waals surface area contributed by atoms with Crippen LogP contribution in [-0.4, -0.2) is 50.1 Å². The Labute approximate surface area is 170 Å². The minimum absolute atomic E-state index is 0. The molecule has 1 aliphatic rings. The summed E-state index contributed by atoms with van der Waals surface area (Å²) in [4.78, 5) is 18.4. The standard InChI is InChI=1S/C18H25F2N3O2.HI/c1-4-21-18(23-10-12(2)15(11-23)17(24)25-3)22-8-7-13-5-6-14(19)9-16(13)20;/h5-6,9,12,15H,4,7-8,10-11H2,1-3H3,(H,21,22);1H. The first-order valence-corrected chi connectivity index (χ1v) is 8.51. The van der Waals surface area contributed by atoms with E-state index in [1.54, 1.807) is 0 Å². The van der Waals surface area contributed by atoms with Crippen LogP contribution in [0.3, 0.4) is 0 Å². The van der Waals surface area contributed by atoms with E-state index >= 15 is 0 Å². The summed E-state index contributed by atoms with van der Waals surface area (Å²) in [6.07, 6.45) is 0.380. The van der Waals surface area contributed by atoms with Gasteiger partial charge in [-0.25, -0.2) is 8.78 Å². The average Bonchev–Trinajstić information content (AvgIpc) is 2.97. The summed E-state index contributed by atoms with van der Waals surface area (Å²) in [5.74, 6) is -0.657. The van der Waals surface area contributed by atoms with Crippen LogP contribution in [0.2, 0.25) is 0 Å². The molecule has 5 nitrogen and oxygen atoms in total. The Morgan fingerprint density at radius 3 is 2.73 bits per heavy atom. The molecular weight excluding hydrogens is 455 g/mol. The van der Waals surface area contributed by atoms with E-state index in [0.29, 0.717) is 44.1 Å². The lowest BCUT2D eigenvalue weighted by atomic mass is 9.99. The number of carbonyl (C=O) groups is 1. The van der Waals surface area contributed by atoms with Crippen LogP contribution in [0.15, 0.2) is 23.2 Å². The molecule has 0 amide bonds. The van der Waals surface area contributed by atoms with Crippen LogP contribution >= 0.6 is 24.0 Å². The zero-order valence-electron chi connectivity index (χ0n) is 15.3. The van der Waals surface area contributed by atoms with Gasteiger partial charge < -0.3 is 15.0 Å². The van der Waals surface area contributed by atoms with Crippen molar-refractivity contribution >= 4 is 35.9 Å². The van der Waals surface area contributed by atoms with Crippen molar-refractivity contribution in [1.29, 1.82) is 0 Å². The quantitative estimate of drug-likeness (QED) is 0.304. The summed E-state index contributed by atoms with van der Waals surface area (Å²) in [5, 5.41) is 3.20. The summed E-state index contributed by atoms with van der Waals surface area (Å²) in [6.45, 7) is 6.29. The van der Waals surface area contributed by atoms with E-state index in [1.165, 1.54) is 19.2 Å². The van der Waals surface area contributed by atoms with E-state index in [9.17, 15) is 13.6 Å². The van der Waals surface area contributed by atoms with Gasteiger partial charge in [0.15, 0.2) is 5.96 Å². The number of benzene rings is 1. The lowest BCUT2D eigenvalue weighted by Crippen LogP contribution is -2.40. The van der Waals surface area contributed by atoms with Gasteiger partial charge in [-0.2, -0.15) is 0 Å². The molecule has 0 saturated carbocycles. The molecule has 1 saturated heterocycles. The van der Waals surface area contributed by atoms with Crippen molar-refractivity contribution in [2.45, 2.75) is 20.3 Å². The summed E-state index contributed by atoms with van der Waals surface area (Å²) in [5.41, 5.74) is 0.434. The van der Waals surface area contributed by atoms with Gasteiger partial charge in [0.1, 0.15) is 11.6 Å². The molecule has 146 valence electrons. The van der Waals surface area contributed by atoms with E-state index in [0.717, 1.165) is 6.07 Å². The number of nitrogens with one attached hydrogen (secondary N) is 1. The first-order valence-electron chi connectivity index (χ1n) is 8.51. The number of likely N-dealkylation sites (tertiary alicyclic amines) is 1. The lowest BCUT2D eigenvalue weighted by Gasteiger charge is -2.21. The van der Waals surface area contributed by atoms with E-state index in [-0.39, 0.29) is 41.8 Å². The molecule has 1 N–H and O–H groups in total. The minimum atomic E-state index is -0.585. The maximum absolute atomic E-state index is 13.7. The predicted octanol–water partition coefficient (Wildman–Crippen LogP) is 2.83. The Morgan fingerprint density at radius 1 is 1.38 bits per heavy atom. The predicted molar refractivity (Wildman–Crippen MR) is 108 cm³/mol. The molecule has 1 aliphatic heterocycles. The van der Waals surface area contributed by atoms with Gasteiger partial charge in [0.2, 0.25) is 0 Å². The third-order valence-corrected chi connectivity index (χ3v) is 4.41. The summed E-state index contributed by atoms with van der Waals surface area (Å²) >= 11 is 0.